The zero-order valence-electron chi connectivity index (χ0n) is 12.4. The zero-order chi connectivity index (χ0) is 15.4. The summed E-state index contributed by atoms with van der Waals surface area (Å²) in [6.45, 7) is 5.94. The maximum Gasteiger partial charge on any atom is 0.319 e. The van der Waals surface area contributed by atoms with E-state index in [9.17, 15) is 4.79 Å². The lowest BCUT2D eigenvalue weighted by atomic mass is 10.1. The highest BCUT2D eigenvalue weighted by Gasteiger charge is 2.11. The van der Waals surface area contributed by atoms with Gasteiger partial charge in [0.15, 0.2) is 0 Å². The van der Waals surface area contributed by atoms with Crippen LogP contribution in [0.4, 0.5) is 10.5 Å². The molecule has 0 aliphatic carbocycles. The van der Waals surface area contributed by atoms with Crippen LogP contribution in [0.5, 0.6) is 0 Å². The Hall–Kier alpha value is -2.00. The number of halogens is 1. The number of nitrogens with one attached hydrogen (secondary N) is 2. The number of urea groups is 1. The summed E-state index contributed by atoms with van der Waals surface area (Å²) in [6.07, 6.45) is 0. The number of carbonyl (C=O) groups excluding carboxylic acids is 1. The lowest BCUT2D eigenvalue weighted by molar-refractivity contribution is 0.249. The molecule has 0 aromatic heterocycles. The largest absolute Gasteiger partial charge is 0.331 e. The van der Waals surface area contributed by atoms with Gasteiger partial charge in [-0.2, -0.15) is 0 Å². The molecule has 2 N–H and O–H groups in total. The molecule has 0 saturated heterocycles. The summed E-state index contributed by atoms with van der Waals surface area (Å²) in [6, 6.07) is 13.0. The highest BCUT2D eigenvalue weighted by atomic mass is 35.5. The van der Waals surface area contributed by atoms with E-state index in [1.807, 2.05) is 63.2 Å². The molecule has 2 aromatic carbocycles. The number of aryl methyl sites for hydroxylation is 1. The van der Waals surface area contributed by atoms with Crippen molar-refractivity contribution in [3.8, 4) is 0 Å². The van der Waals surface area contributed by atoms with Gasteiger partial charge in [0.05, 0.1) is 6.04 Å². The second-order valence-electron chi connectivity index (χ2n) is 5.12. The van der Waals surface area contributed by atoms with Gasteiger partial charge in [-0.15, -0.1) is 0 Å². The summed E-state index contributed by atoms with van der Waals surface area (Å²) in [5.74, 6) is 0. The van der Waals surface area contributed by atoms with Crippen LogP contribution >= 0.6 is 11.6 Å². The summed E-state index contributed by atoms with van der Waals surface area (Å²) in [4.78, 5) is 12.1. The summed E-state index contributed by atoms with van der Waals surface area (Å²) in [5, 5.41) is 6.46. The first-order valence-electron chi connectivity index (χ1n) is 6.86. The smallest absolute Gasteiger partial charge is 0.319 e. The highest BCUT2D eigenvalue weighted by molar-refractivity contribution is 6.30. The van der Waals surface area contributed by atoms with Crippen LogP contribution in [0.2, 0.25) is 5.02 Å². The fraction of sp³-hybridized carbons (Fsp3) is 0.235. The van der Waals surface area contributed by atoms with Crippen molar-refractivity contribution in [2.24, 2.45) is 0 Å². The normalized spacial score (nSPS) is 11.8. The summed E-state index contributed by atoms with van der Waals surface area (Å²) < 4.78 is 0. The molecule has 0 aliphatic rings. The molecule has 1 unspecified atom stereocenters. The first kappa shape index (κ1) is 15.4. The van der Waals surface area contributed by atoms with E-state index in [2.05, 4.69) is 10.6 Å². The lowest BCUT2D eigenvalue weighted by Gasteiger charge is -2.16. The van der Waals surface area contributed by atoms with Crippen LogP contribution in [0, 0.1) is 13.8 Å². The van der Waals surface area contributed by atoms with Crippen molar-refractivity contribution in [3.63, 3.8) is 0 Å². The molecule has 0 aliphatic heterocycles. The van der Waals surface area contributed by atoms with Gasteiger partial charge in [0.2, 0.25) is 0 Å². The number of hydrogen-bond acceptors (Lipinski definition) is 1. The van der Waals surface area contributed by atoms with E-state index in [0.717, 1.165) is 22.4 Å². The van der Waals surface area contributed by atoms with E-state index in [0.29, 0.717) is 5.02 Å². The van der Waals surface area contributed by atoms with Gasteiger partial charge in [-0.25, -0.2) is 4.79 Å². The second-order valence-corrected chi connectivity index (χ2v) is 5.56. The van der Waals surface area contributed by atoms with Gasteiger partial charge < -0.3 is 10.6 Å². The van der Waals surface area contributed by atoms with Gasteiger partial charge in [-0.1, -0.05) is 35.9 Å². The van der Waals surface area contributed by atoms with Gasteiger partial charge in [-0.05, 0) is 55.7 Å². The highest BCUT2D eigenvalue weighted by Crippen LogP contribution is 2.19. The van der Waals surface area contributed by atoms with Crippen molar-refractivity contribution in [3.05, 3.63) is 64.2 Å². The first-order valence-corrected chi connectivity index (χ1v) is 7.24. The maximum atomic E-state index is 12.1. The molecule has 21 heavy (non-hydrogen) atoms. The predicted molar refractivity (Wildman–Crippen MR) is 87.9 cm³/mol. The van der Waals surface area contributed by atoms with E-state index >= 15 is 0 Å². The number of amides is 2. The summed E-state index contributed by atoms with van der Waals surface area (Å²) in [5.41, 5.74) is 4.02. The van der Waals surface area contributed by atoms with E-state index in [1.165, 1.54) is 0 Å². The molecular formula is C17H19ClN2O. The molecule has 0 fully saturated rings. The Morgan fingerprint density at radius 1 is 1.14 bits per heavy atom. The lowest BCUT2D eigenvalue weighted by Crippen LogP contribution is -2.31. The minimum atomic E-state index is -0.226. The molecule has 1 atom stereocenters. The molecule has 0 saturated carbocycles. The topological polar surface area (TPSA) is 41.1 Å². The number of anilines is 1. The second kappa shape index (κ2) is 6.64. The van der Waals surface area contributed by atoms with Crippen molar-refractivity contribution in [2.45, 2.75) is 26.8 Å². The average Bonchev–Trinajstić information content (AvgIpc) is 2.44. The van der Waals surface area contributed by atoms with Gasteiger partial charge >= 0.3 is 6.03 Å². The van der Waals surface area contributed by atoms with Gasteiger partial charge in [0.1, 0.15) is 0 Å². The Bertz CT molecular complexity index is 655. The number of hydrogen-bond donors (Lipinski definition) is 2. The van der Waals surface area contributed by atoms with Crippen molar-refractivity contribution in [1.82, 2.24) is 5.32 Å². The fourth-order valence-electron chi connectivity index (χ4n) is 2.10. The SMILES string of the molecule is Cc1cccc(NC(=O)NC(C)c2cccc(Cl)c2)c1C. The van der Waals surface area contributed by atoms with Crippen LogP contribution in [-0.4, -0.2) is 6.03 Å². The van der Waals surface area contributed by atoms with Gasteiger partial charge in [-0.3, -0.25) is 0 Å². The van der Waals surface area contributed by atoms with E-state index in [1.54, 1.807) is 0 Å². The van der Waals surface area contributed by atoms with Crippen LogP contribution < -0.4 is 10.6 Å². The van der Waals surface area contributed by atoms with Gasteiger partial charge in [0, 0.05) is 10.7 Å². The van der Waals surface area contributed by atoms with Crippen molar-refractivity contribution in [1.29, 1.82) is 0 Å². The number of benzene rings is 2. The van der Waals surface area contributed by atoms with Gasteiger partial charge in [0.25, 0.3) is 0 Å². The molecular weight excluding hydrogens is 284 g/mol. The Morgan fingerprint density at radius 2 is 1.86 bits per heavy atom. The zero-order valence-corrected chi connectivity index (χ0v) is 13.2. The maximum absolute atomic E-state index is 12.1. The van der Waals surface area contributed by atoms with Crippen molar-refractivity contribution in [2.75, 3.05) is 5.32 Å². The molecule has 2 amide bonds. The molecule has 2 rings (SSSR count). The van der Waals surface area contributed by atoms with Crippen molar-refractivity contribution < 1.29 is 4.79 Å². The average molecular weight is 303 g/mol. The van der Waals surface area contributed by atoms with Crippen LogP contribution in [0.25, 0.3) is 0 Å². The Labute approximate surface area is 130 Å². The van der Waals surface area contributed by atoms with Crippen molar-refractivity contribution >= 4 is 23.3 Å². The molecule has 0 spiro atoms. The van der Waals surface area contributed by atoms with Crippen LogP contribution in [-0.2, 0) is 0 Å². The molecule has 2 aromatic rings. The fourth-order valence-corrected chi connectivity index (χ4v) is 2.30. The molecule has 3 nitrogen and oxygen atoms in total. The summed E-state index contributed by atoms with van der Waals surface area (Å²) in [7, 11) is 0. The van der Waals surface area contributed by atoms with Crippen LogP contribution in [0.1, 0.15) is 29.7 Å². The molecule has 0 bridgehead atoms. The Kier molecular flexibility index (Phi) is 4.86. The minimum absolute atomic E-state index is 0.117. The van der Waals surface area contributed by atoms with E-state index < -0.39 is 0 Å². The van der Waals surface area contributed by atoms with E-state index in [4.69, 9.17) is 11.6 Å². The molecule has 110 valence electrons. The molecule has 0 radical (unpaired) electrons. The van der Waals surface area contributed by atoms with E-state index in [-0.39, 0.29) is 12.1 Å². The number of carbonyl (C=O) groups is 1. The molecule has 0 heterocycles. The number of rotatable bonds is 3. The first-order chi connectivity index (χ1) is 9.97. The monoisotopic (exact) mass is 302 g/mol. The van der Waals surface area contributed by atoms with Crippen LogP contribution in [0.3, 0.4) is 0 Å². The Balaban J connectivity index is 2.03. The Morgan fingerprint density at radius 3 is 2.57 bits per heavy atom. The third-order valence-corrected chi connectivity index (χ3v) is 3.78. The molecule has 4 heteroatoms. The third-order valence-electron chi connectivity index (χ3n) is 3.55. The predicted octanol–water partition coefficient (Wildman–Crippen LogP) is 4.84. The minimum Gasteiger partial charge on any atom is -0.331 e. The summed E-state index contributed by atoms with van der Waals surface area (Å²) >= 11 is 5.97. The van der Waals surface area contributed by atoms with Crippen LogP contribution in [0.15, 0.2) is 42.5 Å². The quantitative estimate of drug-likeness (QED) is 0.837. The standard InChI is InChI=1S/C17H19ClN2O/c1-11-6-4-9-16(12(11)2)20-17(21)19-13(3)14-7-5-8-15(18)10-14/h4-10,13H,1-3H3,(H2,19,20,21). The third kappa shape index (κ3) is 3.99.